The number of hydrogen-bond acceptors (Lipinski definition) is 9. The van der Waals surface area contributed by atoms with Crippen LogP contribution in [-0.2, 0) is 14.3 Å². The number of likely N-dealkylation sites (tertiary alicyclic amines) is 2. The molecule has 0 spiro atoms. The topological polar surface area (TPSA) is 135 Å². The number of piperidine rings is 2. The van der Waals surface area contributed by atoms with Gasteiger partial charge in [-0.05, 0) is 44.5 Å². The van der Waals surface area contributed by atoms with E-state index in [0.717, 1.165) is 25.9 Å². The number of rotatable bonds is 9. The second-order valence-electron chi connectivity index (χ2n) is 10.5. The predicted molar refractivity (Wildman–Crippen MR) is 157 cm³/mol. The Bertz CT molecular complexity index is 1250. The van der Waals surface area contributed by atoms with E-state index in [-0.39, 0.29) is 47.2 Å². The fourth-order valence-corrected chi connectivity index (χ4v) is 5.33. The third-order valence-corrected chi connectivity index (χ3v) is 7.88. The molecule has 0 saturated carbocycles. The molecular weight excluding hydrogens is 550 g/mol. The first-order valence-corrected chi connectivity index (χ1v) is 14.0. The molecule has 2 aliphatic rings. The molecule has 0 aliphatic carbocycles. The van der Waals surface area contributed by atoms with Crippen LogP contribution in [0.1, 0.15) is 40.0 Å². The monoisotopic (exact) mass is 587 g/mol. The standard InChI is InChI=1S/C29H38ClN5O6/c1-34-11-8-18(9-12-34)41-29(38)19-6-4-5-7-23(19)32-27(36)17-35-13-10-24(26(16-35)40-3)33-28(37)20-14-21(30)22(31)15-25(20)39-2/h4-7,14-15,18,24,26H,8-13,16-17,31H2,1-3H3,(H,32,36)(H,33,37)/t24-,26+/m1/s1. The number of anilines is 2. The molecule has 12 heteroatoms. The zero-order valence-corrected chi connectivity index (χ0v) is 24.4. The molecule has 11 nitrogen and oxygen atoms in total. The summed E-state index contributed by atoms with van der Waals surface area (Å²) < 4.78 is 16.7. The molecular formula is C29H38ClN5O6. The smallest absolute Gasteiger partial charge is 0.340 e. The van der Waals surface area contributed by atoms with Crippen LogP contribution >= 0.6 is 11.6 Å². The summed E-state index contributed by atoms with van der Waals surface area (Å²) in [6.07, 6.45) is 1.65. The number of nitrogen functional groups attached to an aromatic ring is 1. The lowest BCUT2D eigenvalue weighted by Gasteiger charge is -2.37. The summed E-state index contributed by atoms with van der Waals surface area (Å²) >= 11 is 6.13. The van der Waals surface area contributed by atoms with Gasteiger partial charge in [0.25, 0.3) is 5.91 Å². The van der Waals surface area contributed by atoms with Gasteiger partial charge in [-0.15, -0.1) is 0 Å². The first kappa shape index (κ1) is 30.6. The average Bonchev–Trinajstić information content (AvgIpc) is 2.96. The molecule has 0 bridgehead atoms. The van der Waals surface area contributed by atoms with Gasteiger partial charge in [0.2, 0.25) is 5.91 Å². The molecule has 2 saturated heterocycles. The number of halogens is 1. The number of benzene rings is 2. The summed E-state index contributed by atoms with van der Waals surface area (Å²) in [7, 11) is 5.07. The third kappa shape index (κ3) is 7.88. The number of amides is 2. The van der Waals surface area contributed by atoms with Crippen molar-refractivity contribution in [3.05, 3.63) is 52.5 Å². The number of para-hydroxylation sites is 1. The molecule has 2 atom stereocenters. The molecule has 4 rings (SSSR count). The number of carbonyl (C=O) groups excluding carboxylic acids is 3. The number of nitrogens with one attached hydrogen (secondary N) is 2. The fraction of sp³-hybridized carbons (Fsp3) is 0.483. The Morgan fingerprint density at radius 1 is 1.05 bits per heavy atom. The Hall–Kier alpha value is -3.38. The van der Waals surface area contributed by atoms with Gasteiger partial charge in [-0.1, -0.05) is 23.7 Å². The Kier molecular flexibility index (Phi) is 10.4. The highest BCUT2D eigenvalue weighted by molar-refractivity contribution is 6.33. The Morgan fingerprint density at radius 2 is 1.78 bits per heavy atom. The maximum Gasteiger partial charge on any atom is 0.340 e. The van der Waals surface area contributed by atoms with Gasteiger partial charge in [-0.25, -0.2) is 4.79 Å². The van der Waals surface area contributed by atoms with Crippen molar-refractivity contribution < 1.29 is 28.6 Å². The maximum atomic E-state index is 13.0. The molecule has 2 heterocycles. The van der Waals surface area contributed by atoms with Crippen LogP contribution < -0.4 is 21.1 Å². The Labute approximate surface area is 245 Å². The SMILES string of the molecule is COc1cc(N)c(Cl)cc1C(=O)N[C@@H]1CCN(CC(=O)Nc2ccccc2C(=O)OC2CCN(C)CC2)C[C@@H]1OC. The summed E-state index contributed by atoms with van der Waals surface area (Å²) in [6, 6.07) is 9.57. The molecule has 2 aromatic carbocycles. The van der Waals surface area contributed by atoms with Crippen LogP contribution in [0.15, 0.2) is 36.4 Å². The normalized spacial score (nSPS) is 20.3. The van der Waals surface area contributed by atoms with Gasteiger partial charge < -0.3 is 35.5 Å². The lowest BCUT2D eigenvalue weighted by atomic mass is 10.0. The summed E-state index contributed by atoms with van der Waals surface area (Å²) in [5, 5.41) is 6.13. The second kappa shape index (κ2) is 14.0. The molecule has 41 heavy (non-hydrogen) atoms. The summed E-state index contributed by atoms with van der Waals surface area (Å²) in [5.41, 5.74) is 7.17. The van der Waals surface area contributed by atoms with Crippen molar-refractivity contribution in [2.45, 2.75) is 37.5 Å². The van der Waals surface area contributed by atoms with Gasteiger partial charge in [0.15, 0.2) is 0 Å². The molecule has 2 fully saturated rings. The highest BCUT2D eigenvalue weighted by Crippen LogP contribution is 2.29. The molecule has 2 amide bonds. The number of carbonyl (C=O) groups is 3. The van der Waals surface area contributed by atoms with E-state index in [4.69, 9.17) is 31.5 Å². The van der Waals surface area contributed by atoms with Gasteiger partial charge in [-0.2, -0.15) is 0 Å². The van der Waals surface area contributed by atoms with Crippen molar-refractivity contribution >= 4 is 40.8 Å². The van der Waals surface area contributed by atoms with E-state index >= 15 is 0 Å². The van der Waals surface area contributed by atoms with Crippen LogP contribution in [0.3, 0.4) is 0 Å². The Balaban J connectivity index is 1.32. The fourth-order valence-electron chi connectivity index (χ4n) is 5.17. The van der Waals surface area contributed by atoms with Crippen LogP contribution in [0.5, 0.6) is 5.75 Å². The van der Waals surface area contributed by atoms with Crippen LogP contribution in [0, 0.1) is 0 Å². The molecule has 0 unspecified atom stereocenters. The maximum absolute atomic E-state index is 13.0. The minimum absolute atomic E-state index is 0.0975. The van der Waals surface area contributed by atoms with Crippen LogP contribution in [0.4, 0.5) is 11.4 Å². The van der Waals surface area contributed by atoms with Crippen molar-refractivity contribution in [2.75, 3.05) is 65.0 Å². The van der Waals surface area contributed by atoms with Crippen LogP contribution in [0.2, 0.25) is 5.02 Å². The van der Waals surface area contributed by atoms with E-state index in [0.29, 0.717) is 42.2 Å². The van der Waals surface area contributed by atoms with Gasteiger partial charge in [0.05, 0.1) is 53.3 Å². The van der Waals surface area contributed by atoms with Crippen molar-refractivity contribution in [1.82, 2.24) is 15.1 Å². The van der Waals surface area contributed by atoms with E-state index in [1.807, 2.05) is 11.9 Å². The molecule has 0 radical (unpaired) electrons. The van der Waals surface area contributed by atoms with E-state index in [2.05, 4.69) is 15.5 Å². The average molecular weight is 588 g/mol. The summed E-state index contributed by atoms with van der Waals surface area (Å²) in [4.78, 5) is 43.1. The number of methoxy groups -OCH3 is 2. The summed E-state index contributed by atoms with van der Waals surface area (Å²) in [5.74, 6) is -0.734. The van der Waals surface area contributed by atoms with Crippen molar-refractivity contribution in [3.8, 4) is 5.75 Å². The number of ether oxygens (including phenoxy) is 3. The van der Waals surface area contributed by atoms with E-state index in [9.17, 15) is 14.4 Å². The third-order valence-electron chi connectivity index (χ3n) is 7.55. The Morgan fingerprint density at radius 3 is 2.49 bits per heavy atom. The molecule has 2 aliphatic heterocycles. The van der Waals surface area contributed by atoms with Gasteiger partial charge in [-0.3, -0.25) is 14.5 Å². The van der Waals surface area contributed by atoms with Crippen LogP contribution in [0.25, 0.3) is 0 Å². The van der Waals surface area contributed by atoms with E-state index in [1.54, 1.807) is 31.4 Å². The molecule has 0 aromatic heterocycles. The quantitative estimate of drug-likeness (QED) is 0.299. The lowest BCUT2D eigenvalue weighted by Crippen LogP contribution is -2.55. The zero-order valence-electron chi connectivity index (χ0n) is 23.7. The van der Waals surface area contributed by atoms with Crippen molar-refractivity contribution in [2.24, 2.45) is 0 Å². The number of nitrogens with zero attached hydrogens (tertiary/aromatic N) is 2. The van der Waals surface area contributed by atoms with Crippen molar-refractivity contribution in [3.63, 3.8) is 0 Å². The predicted octanol–water partition coefficient (Wildman–Crippen LogP) is 2.64. The highest BCUT2D eigenvalue weighted by atomic mass is 35.5. The number of esters is 1. The van der Waals surface area contributed by atoms with Gasteiger partial charge in [0, 0.05) is 39.4 Å². The molecule has 2 aromatic rings. The number of hydrogen-bond donors (Lipinski definition) is 3. The largest absolute Gasteiger partial charge is 0.496 e. The van der Waals surface area contributed by atoms with Crippen LogP contribution in [-0.4, -0.2) is 99.8 Å². The van der Waals surface area contributed by atoms with E-state index < -0.39 is 5.97 Å². The lowest BCUT2D eigenvalue weighted by molar-refractivity contribution is -0.118. The van der Waals surface area contributed by atoms with E-state index in [1.165, 1.54) is 19.2 Å². The van der Waals surface area contributed by atoms with Gasteiger partial charge in [0.1, 0.15) is 11.9 Å². The highest BCUT2D eigenvalue weighted by Gasteiger charge is 2.32. The number of nitrogens with two attached hydrogens (primary N) is 1. The first-order chi connectivity index (χ1) is 19.7. The summed E-state index contributed by atoms with van der Waals surface area (Å²) in [6.45, 7) is 2.83. The first-order valence-electron chi connectivity index (χ1n) is 13.7. The van der Waals surface area contributed by atoms with Gasteiger partial charge >= 0.3 is 5.97 Å². The second-order valence-corrected chi connectivity index (χ2v) is 10.9. The van der Waals surface area contributed by atoms with Crippen molar-refractivity contribution in [1.29, 1.82) is 0 Å². The zero-order chi connectivity index (χ0) is 29.5. The minimum atomic E-state index is -0.439. The molecule has 4 N–H and O–H groups in total. The minimum Gasteiger partial charge on any atom is -0.496 e. The molecule has 222 valence electrons.